The molecule has 2 atom stereocenters. The molecule has 0 bridgehead atoms. The van der Waals surface area contributed by atoms with Crippen LogP contribution in [0.2, 0.25) is 0 Å². The molecule has 0 aromatic carbocycles. The summed E-state index contributed by atoms with van der Waals surface area (Å²) in [4.78, 5) is 2.81. The molecule has 2 unspecified atom stereocenters. The molecule has 1 N–H and O–H groups in total. The topological polar surface area (TPSA) is 15.3 Å². The highest BCUT2D eigenvalue weighted by atomic mass is 15.2. The summed E-state index contributed by atoms with van der Waals surface area (Å²) in [5, 5.41) is 3.75. The maximum atomic E-state index is 3.75. The molecule has 0 spiro atoms. The highest BCUT2D eigenvalue weighted by Crippen LogP contribution is 2.40. The molecule has 2 heteroatoms. The third kappa shape index (κ3) is 4.96. The lowest BCUT2D eigenvalue weighted by Gasteiger charge is -2.46. The van der Waals surface area contributed by atoms with E-state index in [0.717, 1.165) is 17.9 Å². The molecule has 0 aromatic rings. The van der Waals surface area contributed by atoms with E-state index in [4.69, 9.17) is 0 Å². The van der Waals surface area contributed by atoms with Gasteiger partial charge in [-0.3, -0.25) is 0 Å². The van der Waals surface area contributed by atoms with Gasteiger partial charge in [-0.05, 0) is 69.4 Å². The molecular formula is C19H38N2. The molecule has 2 nitrogen and oxygen atoms in total. The Morgan fingerprint density at radius 2 is 1.76 bits per heavy atom. The molecule has 1 saturated carbocycles. The number of nitrogens with one attached hydrogen (secondary N) is 1. The van der Waals surface area contributed by atoms with Crippen molar-refractivity contribution in [2.45, 2.75) is 78.7 Å². The Labute approximate surface area is 133 Å². The molecule has 0 radical (unpaired) electrons. The van der Waals surface area contributed by atoms with Crippen molar-refractivity contribution in [1.82, 2.24) is 10.2 Å². The monoisotopic (exact) mass is 294 g/mol. The number of nitrogens with zero attached hydrogens (tertiary/aromatic N) is 1. The Balaban J connectivity index is 1.94. The van der Waals surface area contributed by atoms with Crippen LogP contribution in [-0.2, 0) is 0 Å². The van der Waals surface area contributed by atoms with Gasteiger partial charge in [-0.1, -0.05) is 33.6 Å². The maximum Gasteiger partial charge on any atom is 0.00697 e. The molecule has 124 valence electrons. The number of hydrogen-bond acceptors (Lipinski definition) is 2. The first kappa shape index (κ1) is 17.3. The van der Waals surface area contributed by atoms with Gasteiger partial charge in [-0.25, -0.2) is 0 Å². The van der Waals surface area contributed by atoms with E-state index in [1.165, 1.54) is 71.1 Å². The predicted molar refractivity (Wildman–Crippen MR) is 92.7 cm³/mol. The van der Waals surface area contributed by atoms with Crippen LogP contribution >= 0.6 is 0 Å². The van der Waals surface area contributed by atoms with Crippen molar-refractivity contribution >= 4 is 0 Å². The fraction of sp³-hybridized carbons (Fsp3) is 1.00. The van der Waals surface area contributed by atoms with E-state index in [2.05, 4.69) is 37.9 Å². The van der Waals surface area contributed by atoms with Crippen LogP contribution in [0.25, 0.3) is 0 Å². The second kappa shape index (κ2) is 7.97. The lowest BCUT2D eigenvalue weighted by Crippen LogP contribution is -2.50. The lowest BCUT2D eigenvalue weighted by molar-refractivity contribution is 0.0402. The summed E-state index contributed by atoms with van der Waals surface area (Å²) >= 11 is 0. The Morgan fingerprint density at radius 1 is 1.05 bits per heavy atom. The standard InChI is InChI=1S/C19H38N2/c1-5-11-20-14-19(9-6-16(2)7-10-19)15-21-12-8-17(3)13-18(21)4/h16-18,20H,5-15H2,1-4H3. The summed E-state index contributed by atoms with van der Waals surface area (Å²) in [6.45, 7) is 14.7. The van der Waals surface area contributed by atoms with Crippen molar-refractivity contribution in [1.29, 1.82) is 0 Å². The number of piperidine rings is 1. The number of hydrogen-bond donors (Lipinski definition) is 1. The minimum absolute atomic E-state index is 0.552. The smallest absolute Gasteiger partial charge is 0.00697 e. The first-order valence-electron chi connectivity index (χ1n) is 9.49. The summed E-state index contributed by atoms with van der Waals surface area (Å²) in [5.41, 5.74) is 0.552. The Morgan fingerprint density at radius 3 is 2.38 bits per heavy atom. The van der Waals surface area contributed by atoms with E-state index >= 15 is 0 Å². The number of likely N-dealkylation sites (tertiary alicyclic amines) is 1. The molecule has 1 aliphatic heterocycles. The van der Waals surface area contributed by atoms with Crippen molar-refractivity contribution in [3.8, 4) is 0 Å². The fourth-order valence-electron chi connectivity index (χ4n) is 4.42. The van der Waals surface area contributed by atoms with Gasteiger partial charge < -0.3 is 10.2 Å². The minimum atomic E-state index is 0.552. The molecule has 1 aliphatic carbocycles. The molecule has 1 heterocycles. The van der Waals surface area contributed by atoms with Gasteiger partial charge in [-0.15, -0.1) is 0 Å². The highest BCUT2D eigenvalue weighted by Gasteiger charge is 2.37. The van der Waals surface area contributed by atoms with Crippen molar-refractivity contribution < 1.29 is 0 Å². The number of rotatable bonds is 6. The quantitative estimate of drug-likeness (QED) is 0.735. The lowest BCUT2D eigenvalue weighted by atomic mass is 9.70. The molecule has 0 amide bonds. The molecule has 2 rings (SSSR count). The molecular weight excluding hydrogens is 256 g/mol. The zero-order valence-corrected chi connectivity index (χ0v) is 15.0. The highest BCUT2D eigenvalue weighted by molar-refractivity contribution is 4.91. The maximum absolute atomic E-state index is 3.75. The van der Waals surface area contributed by atoms with E-state index in [0.29, 0.717) is 5.41 Å². The van der Waals surface area contributed by atoms with Crippen molar-refractivity contribution in [2.75, 3.05) is 26.2 Å². The second-order valence-corrected chi connectivity index (χ2v) is 8.31. The van der Waals surface area contributed by atoms with Gasteiger partial charge in [0.15, 0.2) is 0 Å². The average Bonchev–Trinajstić information content (AvgIpc) is 2.46. The van der Waals surface area contributed by atoms with Gasteiger partial charge >= 0.3 is 0 Å². The first-order valence-corrected chi connectivity index (χ1v) is 9.49. The van der Waals surface area contributed by atoms with Gasteiger partial charge in [0.05, 0.1) is 0 Å². The van der Waals surface area contributed by atoms with E-state index in [1.54, 1.807) is 0 Å². The largest absolute Gasteiger partial charge is 0.316 e. The van der Waals surface area contributed by atoms with Crippen LogP contribution in [0.15, 0.2) is 0 Å². The molecule has 0 aromatic heterocycles. The van der Waals surface area contributed by atoms with E-state index in [9.17, 15) is 0 Å². The summed E-state index contributed by atoms with van der Waals surface area (Å²) < 4.78 is 0. The normalized spacial score (nSPS) is 38.6. The molecule has 2 fully saturated rings. The zero-order valence-electron chi connectivity index (χ0n) is 15.0. The van der Waals surface area contributed by atoms with Crippen molar-refractivity contribution in [2.24, 2.45) is 17.3 Å². The summed E-state index contributed by atoms with van der Waals surface area (Å²) in [7, 11) is 0. The van der Waals surface area contributed by atoms with Crippen LogP contribution in [0.1, 0.15) is 72.6 Å². The van der Waals surface area contributed by atoms with Gasteiger partial charge in [0, 0.05) is 19.1 Å². The van der Waals surface area contributed by atoms with E-state index in [-0.39, 0.29) is 0 Å². The SMILES string of the molecule is CCCNCC1(CN2CCC(C)CC2C)CCC(C)CC1. The summed E-state index contributed by atoms with van der Waals surface area (Å²) in [5.74, 6) is 1.87. The van der Waals surface area contributed by atoms with Crippen LogP contribution in [-0.4, -0.2) is 37.1 Å². The molecule has 1 saturated heterocycles. The fourth-order valence-corrected chi connectivity index (χ4v) is 4.42. The summed E-state index contributed by atoms with van der Waals surface area (Å²) in [6.07, 6.45) is 9.80. The van der Waals surface area contributed by atoms with Crippen LogP contribution in [0.3, 0.4) is 0 Å². The van der Waals surface area contributed by atoms with Crippen LogP contribution in [0, 0.1) is 17.3 Å². The first-order chi connectivity index (χ1) is 10.0. The summed E-state index contributed by atoms with van der Waals surface area (Å²) in [6, 6.07) is 0.788. The van der Waals surface area contributed by atoms with Crippen LogP contribution < -0.4 is 5.32 Å². The Bertz CT molecular complexity index is 294. The predicted octanol–water partition coefficient (Wildman–Crippen LogP) is 4.30. The third-order valence-electron chi connectivity index (χ3n) is 6.08. The van der Waals surface area contributed by atoms with Crippen molar-refractivity contribution in [3.63, 3.8) is 0 Å². The van der Waals surface area contributed by atoms with E-state index < -0.39 is 0 Å². The Hall–Kier alpha value is -0.0800. The van der Waals surface area contributed by atoms with Crippen LogP contribution in [0.4, 0.5) is 0 Å². The molecule has 21 heavy (non-hydrogen) atoms. The van der Waals surface area contributed by atoms with Crippen LogP contribution in [0.5, 0.6) is 0 Å². The van der Waals surface area contributed by atoms with Gasteiger partial charge in [0.2, 0.25) is 0 Å². The average molecular weight is 295 g/mol. The second-order valence-electron chi connectivity index (χ2n) is 8.31. The molecule has 2 aliphatic rings. The van der Waals surface area contributed by atoms with E-state index in [1.807, 2.05) is 0 Å². The minimum Gasteiger partial charge on any atom is -0.316 e. The third-order valence-corrected chi connectivity index (χ3v) is 6.08. The van der Waals surface area contributed by atoms with Gasteiger partial charge in [0.1, 0.15) is 0 Å². The van der Waals surface area contributed by atoms with Gasteiger partial charge in [-0.2, -0.15) is 0 Å². The van der Waals surface area contributed by atoms with Crippen molar-refractivity contribution in [3.05, 3.63) is 0 Å². The zero-order chi connectivity index (χ0) is 15.3. The Kier molecular flexibility index (Phi) is 6.55. The van der Waals surface area contributed by atoms with Gasteiger partial charge in [0.25, 0.3) is 0 Å².